The summed E-state index contributed by atoms with van der Waals surface area (Å²) in [5.74, 6) is 0.718. The summed E-state index contributed by atoms with van der Waals surface area (Å²) in [6.07, 6.45) is 4.86. The molecule has 2 rings (SSSR count). The molecule has 0 aromatic carbocycles. The van der Waals surface area contributed by atoms with Crippen molar-refractivity contribution in [1.29, 1.82) is 0 Å². The highest BCUT2D eigenvalue weighted by atomic mass is 32.2. The molecule has 1 fully saturated rings. The molecule has 0 spiro atoms. The fourth-order valence-corrected chi connectivity index (χ4v) is 3.88. The van der Waals surface area contributed by atoms with E-state index in [1.54, 1.807) is 5.51 Å². The van der Waals surface area contributed by atoms with E-state index in [2.05, 4.69) is 22.4 Å². The first-order chi connectivity index (χ1) is 8.66. The van der Waals surface area contributed by atoms with Gasteiger partial charge in [-0.1, -0.05) is 42.9 Å². The SMILES string of the molecule is C[C@H](Sc1nncs1)C(=O)N[C@@H]1CCCC[C@H]1C. The van der Waals surface area contributed by atoms with Crippen LogP contribution in [0.25, 0.3) is 0 Å². The summed E-state index contributed by atoms with van der Waals surface area (Å²) in [5.41, 5.74) is 1.69. The number of amides is 1. The molecule has 0 saturated heterocycles. The fourth-order valence-electron chi connectivity index (χ4n) is 2.25. The monoisotopic (exact) mass is 285 g/mol. The van der Waals surface area contributed by atoms with Crippen LogP contribution in [0.1, 0.15) is 39.5 Å². The predicted octanol–water partition coefficient (Wildman–Crippen LogP) is 2.71. The van der Waals surface area contributed by atoms with Gasteiger partial charge in [0.15, 0.2) is 4.34 Å². The maximum atomic E-state index is 12.1. The van der Waals surface area contributed by atoms with Crippen molar-refractivity contribution in [1.82, 2.24) is 15.5 Å². The number of carbonyl (C=O) groups is 1. The van der Waals surface area contributed by atoms with Gasteiger partial charge in [-0.25, -0.2) is 0 Å². The third kappa shape index (κ3) is 3.68. The highest BCUT2D eigenvalue weighted by molar-refractivity contribution is 8.02. The van der Waals surface area contributed by atoms with Gasteiger partial charge in [0.1, 0.15) is 5.51 Å². The number of nitrogens with one attached hydrogen (secondary N) is 1. The first-order valence-electron chi connectivity index (χ1n) is 6.40. The van der Waals surface area contributed by atoms with Crippen LogP contribution in [0, 0.1) is 5.92 Å². The van der Waals surface area contributed by atoms with Crippen LogP contribution in [0.3, 0.4) is 0 Å². The van der Waals surface area contributed by atoms with Gasteiger partial charge >= 0.3 is 0 Å². The standard InChI is InChI=1S/C12H19N3OS2/c1-8-5-3-4-6-10(8)14-11(16)9(2)18-12-15-13-7-17-12/h7-10H,3-6H2,1-2H3,(H,14,16)/t8-,9+,10-/m1/s1. The molecule has 1 saturated carbocycles. The Kier molecular flexibility index (Phi) is 5.00. The lowest BCUT2D eigenvalue weighted by atomic mass is 9.86. The van der Waals surface area contributed by atoms with Gasteiger partial charge in [-0.15, -0.1) is 10.2 Å². The van der Waals surface area contributed by atoms with Crippen molar-refractivity contribution < 1.29 is 4.79 Å². The summed E-state index contributed by atoms with van der Waals surface area (Å²) < 4.78 is 0.856. The van der Waals surface area contributed by atoms with E-state index in [1.807, 2.05) is 6.92 Å². The van der Waals surface area contributed by atoms with Crippen molar-refractivity contribution in [3.63, 3.8) is 0 Å². The van der Waals surface area contributed by atoms with Crippen LogP contribution < -0.4 is 5.32 Å². The molecule has 18 heavy (non-hydrogen) atoms. The molecule has 1 aliphatic carbocycles. The maximum absolute atomic E-state index is 12.1. The van der Waals surface area contributed by atoms with Crippen LogP contribution in [0.2, 0.25) is 0 Å². The molecule has 3 atom stereocenters. The Hall–Kier alpha value is -0.620. The second-order valence-corrected chi connectivity index (χ2v) is 7.26. The van der Waals surface area contributed by atoms with Crippen molar-refractivity contribution in [3.8, 4) is 0 Å². The predicted molar refractivity (Wildman–Crippen MR) is 74.8 cm³/mol. The lowest BCUT2D eigenvalue weighted by molar-refractivity contribution is -0.121. The number of hydrogen-bond donors (Lipinski definition) is 1. The number of rotatable bonds is 4. The summed E-state index contributed by atoms with van der Waals surface area (Å²) in [7, 11) is 0. The molecular weight excluding hydrogens is 266 g/mol. The third-order valence-corrected chi connectivity index (χ3v) is 5.34. The summed E-state index contributed by atoms with van der Waals surface area (Å²) in [4.78, 5) is 12.1. The first-order valence-corrected chi connectivity index (χ1v) is 8.16. The molecule has 0 radical (unpaired) electrons. The molecule has 1 aromatic rings. The van der Waals surface area contributed by atoms with Crippen LogP contribution in [-0.2, 0) is 4.79 Å². The number of hydrogen-bond acceptors (Lipinski definition) is 5. The van der Waals surface area contributed by atoms with E-state index in [0.717, 1.165) is 10.8 Å². The van der Waals surface area contributed by atoms with Crippen molar-refractivity contribution in [2.45, 2.75) is 55.2 Å². The molecule has 6 heteroatoms. The van der Waals surface area contributed by atoms with E-state index in [4.69, 9.17) is 0 Å². The van der Waals surface area contributed by atoms with E-state index < -0.39 is 0 Å². The molecule has 0 bridgehead atoms. The van der Waals surface area contributed by atoms with Gasteiger partial charge in [-0.05, 0) is 25.7 Å². The lowest BCUT2D eigenvalue weighted by Gasteiger charge is -2.30. The average molecular weight is 285 g/mol. The largest absolute Gasteiger partial charge is 0.352 e. The minimum Gasteiger partial charge on any atom is -0.352 e. The second-order valence-electron chi connectivity index (χ2n) is 4.84. The number of carbonyl (C=O) groups excluding carboxylic acids is 1. The van der Waals surface area contributed by atoms with Crippen LogP contribution in [0.4, 0.5) is 0 Å². The minimum atomic E-state index is -0.105. The lowest BCUT2D eigenvalue weighted by Crippen LogP contribution is -2.44. The normalized spacial score (nSPS) is 25.7. The smallest absolute Gasteiger partial charge is 0.233 e. The molecule has 4 nitrogen and oxygen atoms in total. The van der Waals surface area contributed by atoms with Crippen LogP contribution in [0.15, 0.2) is 9.85 Å². The third-order valence-electron chi connectivity index (χ3n) is 3.43. The molecular formula is C12H19N3OS2. The molecule has 0 unspecified atom stereocenters. The highest BCUT2D eigenvalue weighted by Crippen LogP contribution is 2.26. The molecule has 0 aliphatic heterocycles. The van der Waals surface area contributed by atoms with E-state index >= 15 is 0 Å². The number of thioether (sulfide) groups is 1. The van der Waals surface area contributed by atoms with Gasteiger partial charge < -0.3 is 5.32 Å². The second kappa shape index (κ2) is 6.52. The van der Waals surface area contributed by atoms with Crippen LogP contribution in [-0.4, -0.2) is 27.4 Å². The van der Waals surface area contributed by atoms with E-state index in [9.17, 15) is 4.79 Å². The Morgan fingerprint density at radius 2 is 2.33 bits per heavy atom. The van der Waals surface area contributed by atoms with Crippen molar-refractivity contribution >= 4 is 29.0 Å². The Bertz CT molecular complexity index is 383. The zero-order valence-electron chi connectivity index (χ0n) is 10.8. The van der Waals surface area contributed by atoms with Gasteiger partial charge in [0.2, 0.25) is 5.91 Å². The summed E-state index contributed by atoms with van der Waals surface area (Å²) >= 11 is 2.96. The number of aromatic nitrogens is 2. The Morgan fingerprint density at radius 1 is 1.56 bits per heavy atom. The summed E-state index contributed by atoms with van der Waals surface area (Å²) in [6.45, 7) is 4.15. The van der Waals surface area contributed by atoms with Crippen LogP contribution >= 0.6 is 23.1 Å². The summed E-state index contributed by atoms with van der Waals surface area (Å²) in [5, 5.41) is 10.8. The molecule has 1 heterocycles. The molecule has 100 valence electrons. The Labute approximate surface area is 116 Å². The summed E-state index contributed by atoms with van der Waals surface area (Å²) in [6, 6.07) is 0.351. The van der Waals surface area contributed by atoms with E-state index in [1.165, 1.54) is 42.4 Å². The van der Waals surface area contributed by atoms with Gasteiger partial charge in [0, 0.05) is 6.04 Å². The minimum absolute atomic E-state index is 0.105. The fraction of sp³-hybridized carbons (Fsp3) is 0.750. The maximum Gasteiger partial charge on any atom is 0.233 e. The Balaban J connectivity index is 1.83. The Morgan fingerprint density at radius 3 is 3.00 bits per heavy atom. The van der Waals surface area contributed by atoms with Gasteiger partial charge in [-0.2, -0.15) is 0 Å². The zero-order valence-corrected chi connectivity index (χ0v) is 12.4. The molecule has 1 aromatic heterocycles. The van der Waals surface area contributed by atoms with E-state index in [0.29, 0.717) is 12.0 Å². The first kappa shape index (κ1) is 13.8. The van der Waals surface area contributed by atoms with Crippen molar-refractivity contribution in [2.75, 3.05) is 0 Å². The van der Waals surface area contributed by atoms with Gasteiger partial charge in [0.05, 0.1) is 5.25 Å². The zero-order chi connectivity index (χ0) is 13.0. The molecule has 1 amide bonds. The van der Waals surface area contributed by atoms with Gasteiger partial charge in [-0.3, -0.25) is 4.79 Å². The highest BCUT2D eigenvalue weighted by Gasteiger charge is 2.25. The molecule has 1 N–H and O–H groups in total. The number of nitrogens with zero attached hydrogens (tertiary/aromatic N) is 2. The van der Waals surface area contributed by atoms with Crippen molar-refractivity contribution in [2.24, 2.45) is 5.92 Å². The average Bonchev–Trinajstić information content (AvgIpc) is 2.84. The van der Waals surface area contributed by atoms with Gasteiger partial charge in [0.25, 0.3) is 0 Å². The van der Waals surface area contributed by atoms with Crippen molar-refractivity contribution in [3.05, 3.63) is 5.51 Å². The van der Waals surface area contributed by atoms with E-state index in [-0.39, 0.29) is 11.2 Å². The van der Waals surface area contributed by atoms with Crippen LogP contribution in [0.5, 0.6) is 0 Å². The molecule has 1 aliphatic rings. The topological polar surface area (TPSA) is 54.9 Å². The quantitative estimate of drug-likeness (QED) is 0.864.